The van der Waals surface area contributed by atoms with Crippen LogP contribution in [0.3, 0.4) is 0 Å². The number of hydrogen-bond acceptors (Lipinski definition) is 2. The Hall–Kier alpha value is -1.22. The quantitative estimate of drug-likeness (QED) is 0.755. The molecule has 0 saturated carbocycles. The first kappa shape index (κ1) is 15.8. The topological polar surface area (TPSA) is 46.5 Å². The van der Waals surface area contributed by atoms with Gasteiger partial charge < -0.3 is 9.84 Å². The van der Waals surface area contributed by atoms with Gasteiger partial charge in [-0.05, 0) is 48.9 Å². The highest BCUT2D eigenvalue weighted by Gasteiger charge is 2.11. The molecule has 1 aromatic carbocycles. The molecule has 0 saturated heterocycles. The maximum Gasteiger partial charge on any atom is 0.303 e. The fraction of sp³-hybridized carbons (Fsp3) is 0.533. The molecule has 1 N–H and O–H groups in total. The van der Waals surface area contributed by atoms with E-state index in [2.05, 4.69) is 13.8 Å². The Kier molecular flexibility index (Phi) is 6.16. The van der Waals surface area contributed by atoms with E-state index in [9.17, 15) is 4.79 Å². The van der Waals surface area contributed by atoms with Gasteiger partial charge in [0.25, 0.3) is 0 Å². The molecule has 0 spiro atoms. The van der Waals surface area contributed by atoms with Crippen LogP contribution in [0.4, 0.5) is 0 Å². The maximum absolute atomic E-state index is 10.4. The van der Waals surface area contributed by atoms with E-state index in [0.29, 0.717) is 18.9 Å². The lowest BCUT2D eigenvalue weighted by molar-refractivity contribution is -0.137. The first-order valence-electron chi connectivity index (χ1n) is 6.56. The van der Waals surface area contributed by atoms with Gasteiger partial charge in [-0.25, -0.2) is 0 Å². The monoisotopic (exact) mass is 284 g/mol. The number of halogens is 1. The zero-order chi connectivity index (χ0) is 14.4. The molecular weight excluding hydrogens is 264 g/mol. The summed E-state index contributed by atoms with van der Waals surface area (Å²) in [5, 5.41) is 9.31. The molecule has 3 nitrogen and oxygen atoms in total. The molecule has 1 aromatic rings. The fourth-order valence-electron chi connectivity index (χ4n) is 1.81. The van der Waals surface area contributed by atoms with Gasteiger partial charge in [0.1, 0.15) is 5.75 Å². The Balaban J connectivity index is 2.61. The predicted octanol–water partition coefficient (Wildman–Crippen LogP) is 4.41. The molecule has 1 rings (SSSR count). The number of aryl methyl sites for hydroxylation is 1. The third-order valence-corrected chi connectivity index (χ3v) is 3.36. The highest BCUT2D eigenvalue weighted by molar-refractivity contribution is 6.31. The van der Waals surface area contributed by atoms with Gasteiger partial charge >= 0.3 is 5.97 Å². The number of carbonyl (C=O) groups is 1. The Bertz CT molecular complexity index is 441. The lowest BCUT2D eigenvalue weighted by Crippen LogP contribution is -2.03. The SMILES string of the molecule is Cc1cc(OCCCCC(=O)O)c(C(C)C)cc1Cl. The Morgan fingerprint density at radius 3 is 2.63 bits per heavy atom. The van der Waals surface area contributed by atoms with Gasteiger partial charge in [0.15, 0.2) is 0 Å². The molecule has 0 radical (unpaired) electrons. The summed E-state index contributed by atoms with van der Waals surface area (Å²) in [5.74, 6) is 0.435. The van der Waals surface area contributed by atoms with Crippen molar-refractivity contribution in [3.05, 3.63) is 28.3 Å². The summed E-state index contributed by atoms with van der Waals surface area (Å²) in [5.41, 5.74) is 2.08. The lowest BCUT2D eigenvalue weighted by Gasteiger charge is -2.15. The zero-order valence-electron chi connectivity index (χ0n) is 11.7. The van der Waals surface area contributed by atoms with Crippen molar-refractivity contribution in [2.45, 2.75) is 46.0 Å². The molecule has 0 aromatic heterocycles. The smallest absolute Gasteiger partial charge is 0.303 e. The average molecular weight is 285 g/mol. The summed E-state index contributed by atoms with van der Waals surface area (Å²) in [6, 6.07) is 3.91. The van der Waals surface area contributed by atoms with E-state index in [-0.39, 0.29) is 6.42 Å². The number of hydrogen-bond donors (Lipinski definition) is 1. The summed E-state index contributed by atoms with van der Waals surface area (Å²) in [7, 11) is 0. The molecule has 0 bridgehead atoms. The van der Waals surface area contributed by atoms with Crippen LogP contribution in [0, 0.1) is 6.92 Å². The van der Waals surface area contributed by atoms with Gasteiger partial charge in [-0.15, -0.1) is 0 Å². The standard InChI is InChI=1S/C15H21ClO3/c1-10(2)12-9-13(16)11(3)8-14(12)19-7-5-4-6-15(17)18/h8-10H,4-7H2,1-3H3,(H,17,18). The fourth-order valence-corrected chi connectivity index (χ4v) is 1.98. The second kappa shape index (κ2) is 7.39. The summed E-state index contributed by atoms with van der Waals surface area (Å²) in [6.07, 6.45) is 1.57. The minimum Gasteiger partial charge on any atom is -0.493 e. The van der Waals surface area contributed by atoms with Gasteiger partial charge in [0.2, 0.25) is 0 Å². The van der Waals surface area contributed by atoms with Gasteiger partial charge in [-0.1, -0.05) is 25.4 Å². The highest BCUT2D eigenvalue weighted by Crippen LogP contribution is 2.32. The maximum atomic E-state index is 10.4. The molecule has 0 heterocycles. The normalized spacial score (nSPS) is 10.8. The van der Waals surface area contributed by atoms with Crippen LogP contribution in [0.15, 0.2) is 12.1 Å². The summed E-state index contributed by atoms with van der Waals surface area (Å²) >= 11 is 6.13. The molecule has 106 valence electrons. The second-order valence-corrected chi connectivity index (χ2v) is 5.40. The molecule has 0 aliphatic heterocycles. The molecular formula is C15H21ClO3. The van der Waals surface area contributed by atoms with Gasteiger partial charge in [0, 0.05) is 11.4 Å². The Morgan fingerprint density at radius 2 is 2.05 bits per heavy atom. The number of aliphatic carboxylic acids is 1. The largest absolute Gasteiger partial charge is 0.493 e. The van der Waals surface area contributed by atoms with Gasteiger partial charge in [-0.2, -0.15) is 0 Å². The lowest BCUT2D eigenvalue weighted by atomic mass is 10.0. The van der Waals surface area contributed by atoms with Crippen molar-refractivity contribution in [2.75, 3.05) is 6.61 Å². The first-order chi connectivity index (χ1) is 8.91. The molecule has 0 aliphatic carbocycles. The van der Waals surface area contributed by atoms with Crippen LogP contribution in [-0.4, -0.2) is 17.7 Å². The van der Waals surface area contributed by atoms with E-state index in [1.165, 1.54) is 0 Å². The minimum atomic E-state index is -0.759. The highest BCUT2D eigenvalue weighted by atomic mass is 35.5. The average Bonchev–Trinajstić information content (AvgIpc) is 2.32. The number of benzene rings is 1. The molecule has 0 unspecified atom stereocenters. The van der Waals surface area contributed by atoms with E-state index < -0.39 is 5.97 Å². The van der Waals surface area contributed by atoms with Crippen molar-refractivity contribution in [1.82, 2.24) is 0 Å². The summed E-state index contributed by atoms with van der Waals surface area (Å²) in [4.78, 5) is 10.4. The van der Waals surface area contributed by atoms with Crippen LogP contribution in [0.5, 0.6) is 5.75 Å². The molecule has 0 atom stereocenters. The first-order valence-corrected chi connectivity index (χ1v) is 6.94. The summed E-state index contributed by atoms with van der Waals surface area (Å²) < 4.78 is 5.76. The number of rotatable bonds is 7. The van der Waals surface area contributed by atoms with Crippen molar-refractivity contribution in [3.63, 3.8) is 0 Å². The van der Waals surface area contributed by atoms with Crippen molar-refractivity contribution in [2.24, 2.45) is 0 Å². The van der Waals surface area contributed by atoms with E-state index in [0.717, 1.165) is 28.3 Å². The molecule has 0 fully saturated rings. The Morgan fingerprint density at radius 1 is 1.37 bits per heavy atom. The third kappa shape index (κ3) is 5.11. The van der Waals surface area contributed by atoms with Crippen molar-refractivity contribution >= 4 is 17.6 Å². The molecule has 19 heavy (non-hydrogen) atoms. The van der Waals surface area contributed by atoms with E-state index >= 15 is 0 Å². The van der Waals surface area contributed by atoms with Crippen LogP contribution >= 0.6 is 11.6 Å². The minimum absolute atomic E-state index is 0.194. The number of carboxylic acids is 1. The van der Waals surface area contributed by atoms with Crippen LogP contribution < -0.4 is 4.74 Å². The molecule has 0 amide bonds. The number of ether oxygens (including phenoxy) is 1. The number of unbranched alkanes of at least 4 members (excludes halogenated alkanes) is 1. The van der Waals surface area contributed by atoms with E-state index in [4.69, 9.17) is 21.4 Å². The van der Waals surface area contributed by atoms with Crippen LogP contribution in [-0.2, 0) is 4.79 Å². The van der Waals surface area contributed by atoms with E-state index in [1.807, 2.05) is 19.1 Å². The molecule has 4 heteroatoms. The van der Waals surface area contributed by atoms with Gasteiger partial charge in [-0.3, -0.25) is 4.79 Å². The van der Waals surface area contributed by atoms with Gasteiger partial charge in [0.05, 0.1) is 6.61 Å². The summed E-state index contributed by atoms with van der Waals surface area (Å²) in [6.45, 7) is 6.67. The van der Waals surface area contributed by atoms with Crippen LogP contribution in [0.2, 0.25) is 5.02 Å². The predicted molar refractivity (Wildman–Crippen MR) is 77.3 cm³/mol. The van der Waals surface area contributed by atoms with Crippen molar-refractivity contribution in [3.8, 4) is 5.75 Å². The van der Waals surface area contributed by atoms with Crippen LogP contribution in [0.1, 0.15) is 50.2 Å². The molecule has 0 aliphatic rings. The van der Waals surface area contributed by atoms with Crippen LogP contribution in [0.25, 0.3) is 0 Å². The van der Waals surface area contributed by atoms with Crippen molar-refractivity contribution < 1.29 is 14.6 Å². The zero-order valence-corrected chi connectivity index (χ0v) is 12.5. The third-order valence-electron chi connectivity index (χ3n) is 2.96. The second-order valence-electron chi connectivity index (χ2n) is 4.99. The Labute approximate surface area is 119 Å². The number of carboxylic acid groups (broad SMARTS) is 1. The van der Waals surface area contributed by atoms with Crippen molar-refractivity contribution in [1.29, 1.82) is 0 Å². The van der Waals surface area contributed by atoms with E-state index in [1.54, 1.807) is 0 Å².